The van der Waals surface area contributed by atoms with Crippen molar-refractivity contribution in [3.8, 4) is 11.4 Å². The lowest BCUT2D eigenvalue weighted by molar-refractivity contribution is 0.122. The van der Waals surface area contributed by atoms with Gasteiger partial charge in [-0.2, -0.15) is 5.10 Å². The molecule has 1 aliphatic heterocycles. The molecule has 5 rings (SSSR count). The molecule has 0 radical (unpaired) electrons. The first-order chi connectivity index (χ1) is 13.2. The van der Waals surface area contributed by atoms with Crippen LogP contribution in [-0.4, -0.2) is 51.6 Å². The maximum absolute atomic E-state index is 10.0. The quantitative estimate of drug-likeness (QED) is 0.567. The van der Waals surface area contributed by atoms with Crippen molar-refractivity contribution < 1.29 is 9.84 Å². The third-order valence-electron chi connectivity index (χ3n) is 4.82. The number of anilines is 1. The Morgan fingerprint density at radius 1 is 1.26 bits per heavy atom. The lowest BCUT2D eigenvalue weighted by Gasteiger charge is -2.28. The first-order valence-electron chi connectivity index (χ1n) is 8.95. The molecule has 0 spiro atoms. The summed E-state index contributed by atoms with van der Waals surface area (Å²) in [4.78, 5) is 12.9. The number of aromatic amines is 1. The Kier molecular flexibility index (Phi) is 4.04. The van der Waals surface area contributed by atoms with Gasteiger partial charge in [-0.1, -0.05) is 12.1 Å². The van der Waals surface area contributed by atoms with Crippen LogP contribution in [0.4, 0.5) is 5.82 Å². The maximum atomic E-state index is 10.0. The average molecular weight is 381 g/mol. The van der Waals surface area contributed by atoms with Gasteiger partial charge < -0.3 is 14.7 Å². The molecule has 1 aromatic carbocycles. The molecule has 1 saturated heterocycles. The molecule has 0 saturated carbocycles. The molecule has 4 aromatic rings. The molecule has 1 fully saturated rings. The fraction of sp³-hybridized carbons (Fsp3) is 0.316. The number of hydrogen-bond donors (Lipinski definition) is 2. The standard InChI is InChI=1S/C19H19N5O2S/c1-11(25)16-9-15-17(27-16)19(24-5-7-26-8-6-24)22-18(21-15)12-3-2-4-14-13(12)10-20-23-14/h2-4,9-11,25H,5-8H2,1H3,(H,20,23)/t11-/m0/s1. The molecule has 0 amide bonds. The molecule has 8 heteroatoms. The minimum atomic E-state index is -0.525. The van der Waals surface area contributed by atoms with Crippen LogP contribution >= 0.6 is 11.3 Å². The van der Waals surface area contributed by atoms with Crippen LogP contribution in [-0.2, 0) is 4.74 Å². The van der Waals surface area contributed by atoms with Crippen LogP contribution in [0.3, 0.4) is 0 Å². The number of ether oxygens (including phenoxy) is 1. The summed E-state index contributed by atoms with van der Waals surface area (Å²) in [5.41, 5.74) is 2.77. The number of rotatable bonds is 3. The minimum absolute atomic E-state index is 0.525. The van der Waals surface area contributed by atoms with E-state index in [1.54, 1.807) is 18.3 Å². The zero-order chi connectivity index (χ0) is 18.4. The van der Waals surface area contributed by atoms with E-state index in [2.05, 4.69) is 15.1 Å². The molecule has 2 N–H and O–H groups in total. The molecular formula is C19H19N5O2S. The highest BCUT2D eigenvalue weighted by Gasteiger charge is 2.21. The number of fused-ring (bicyclic) bond motifs is 2. The molecule has 7 nitrogen and oxygen atoms in total. The number of hydrogen-bond acceptors (Lipinski definition) is 7. The highest BCUT2D eigenvalue weighted by Crippen LogP contribution is 2.37. The summed E-state index contributed by atoms with van der Waals surface area (Å²) in [6, 6.07) is 7.95. The van der Waals surface area contributed by atoms with Crippen LogP contribution in [0.25, 0.3) is 32.5 Å². The van der Waals surface area contributed by atoms with Gasteiger partial charge in [0.25, 0.3) is 0 Å². The van der Waals surface area contributed by atoms with Gasteiger partial charge in [0.05, 0.1) is 41.2 Å². The maximum Gasteiger partial charge on any atom is 0.162 e. The summed E-state index contributed by atoms with van der Waals surface area (Å²) in [6.45, 7) is 4.74. The lowest BCUT2D eigenvalue weighted by Crippen LogP contribution is -2.36. The fourth-order valence-electron chi connectivity index (χ4n) is 3.41. The minimum Gasteiger partial charge on any atom is -0.388 e. The molecule has 1 atom stereocenters. The van der Waals surface area contributed by atoms with Gasteiger partial charge in [0.15, 0.2) is 11.6 Å². The van der Waals surface area contributed by atoms with E-state index in [1.807, 2.05) is 30.5 Å². The molecular weight excluding hydrogens is 362 g/mol. The van der Waals surface area contributed by atoms with E-state index in [-0.39, 0.29) is 0 Å². The molecule has 138 valence electrons. The summed E-state index contributed by atoms with van der Waals surface area (Å²) < 4.78 is 6.51. The lowest BCUT2D eigenvalue weighted by atomic mass is 10.1. The highest BCUT2D eigenvalue weighted by atomic mass is 32.1. The molecule has 0 aliphatic carbocycles. The van der Waals surface area contributed by atoms with E-state index in [9.17, 15) is 5.11 Å². The van der Waals surface area contributed by atoms with E-state index < -0.39 is 6.10 Å². The Morgan fingerprint density at radius 3 is 2.93 bits per heavy atom. The zero-order valence-corrected chi connectivity index (χ0v) is 15.7. The number of aliphatic hydroxyl groups is 1. The Morgan fingerprint density at radius 2 is 2.11 bits per heavy atom. The van der Waals surface area contributed by atoms with E-state index in [1.165, 1.54) is 0 Å². The smallest absolute Gasteiger partial charge is 0.162 e. The van der Waals surface area contributed by atoms with Crippen molar-refractivity contribution in [1.82, 2.24) is 20.2 Å². The average Bonchev–Trinajstić information content (AvgIpc) is 3.34. The number of nitrogens with one attached hydrogen (secondary N) is 1. The largest absolute Gasteiger partial charge is 0.388 e. The first-order valence-corrected chi connectivity index (χ1v) is 9.77. The van der Waals surface area contributed by atoms with Crippen LogP contribution in [0, 0.1) is 0 Å². The second-order valence-corrected chi connectivity index (χ2v) is 7.73. The first kappa shape index (κ1) is 16.6. The van der Waals surface area contributed by atoms with Crippen LogP contribution < -0.4 is 4.90 Å². The van der Waals surface area contributed by atoms with Gasteiger partial charge in [0.1, 0.15) is 0 Å². The predicted molar refractivity (Wildman–Crippen MR) is 106 cm³/mol. The Balaban J connectivity index is 1.74. The number of aliphatic hydroxyl groups excluding tert-OH is 1. The van der Waals surface area contributed by atoms with E-state index in [0.29, 0.717) is 19.0 Å². The van der Waals surface area contributed by atoms with E-state index in [4.69, 9.17) is 14.7 Å². The number of benzene rings is 1. The second-order valence-electron chi connectivity index (χ2n) is 6.65. The predicted octanol–water partition coefficient (Wildman–Crippen LogP) is 3.12. The monoisotopic (exact) mass is 381 g/mol. The Hall–Kier alpha value is -2.55. The topological polar surface area (TPSA) is 87.2 Å². The van der Waals surface area contributed by atoms with Crippen LogP contribution in [0.15, 0.2) is 30.5 Å². The SMILES string of the molecule is C[C@H](O)c1cc2nc(-c3cccc4[nH]ncc34)nc(N3CCOCC3)c2s1. The Bertz CT molecular complexity index is 1110. The van der Waals surface area contributed by atoms with Crippen molar-refractivity contribution in [2.24, 2.45) is 0 Å². The van der Waals surface area contributed by atoms with E-state index >= 15 is 0 Å². The van der Waals surface area contributed by atoms with Crippen LogP contribution in [0.1, 0.15) is 17.9 Å². The summed E-state index contributed by atoms with van der Waals surface area (Å²) in [5.74, 6) is 1.58. The van der Waals surface area contributed by atoms with Gasteiger partial charge in [0, 0.05) is 28.9 Å². The van der Waals surface area contributed by atoms with Crippen molar-refractivity contribution in [3.05, 3.63) is 35.3 Å². The van der Waals surface area contributed by atoms with Gasteiger partial charge in [0.2, 0.25) is 0 Å². The fourth-order valence-corrected chi connectivity index (χ4v) is 4.46. The van der Waals surface area contributed by atoms with Gasteiger partial charge in [-0.25, -0.2) is 9.97 Å². The second kappa shape index (κ2) is 6.56. The highest BCUT2D eigenvalue weighted by molar-refractivity contribution is 7.19. The van der Waals surface area contributed by atoms with Crippen molar-refractivity contribution in [2.45, 2.75) is 13.0 Å². The van der Waals surface area contributed by atoms with Gasteiger partial charge in [-0.3, -0.25) is 5.10 Å². The summed E-state index contributed by atoms with van der Waals surface area (Å²) >= 11 is 1.56. The third kappa shape index (κ3) is 2.86. The number of thiophene rings is 1. The van der Waals surface area contributed by atoms with Gasteiger partial charge >= 0.3 is 0 Å². The van der Waals surface area contributed by atoms with Gasteiger partial charge in [-0.05, 0) is 19.1 Å². The Labute approximate surface area is 159 Å². The summed E-state index contributed by atoms with van der Waals surface area (Å²) in [5, 5.41) is 18.2. The molecule has 27 heavy (non-hydrogen) atoms. The third-order valence-corrected chi connectivity index (χ3v) is 6.11. The van der Waals surface area contributed by atoms with Crippen LogP contribution in [0.2, 0.25) is 0 Å². The van der Waals surface area contributed by atoms with Gasteiger partial charge in [-0.15, -0.1) is 11.3 Å². The van der Waals surface area contributed by atoms with Crippen LogP contribution in [0.5, 0.6) is 0 Å². The molecule has 0 unspecified atom stereocenters. The molecule has 3 aromatic heterocycles. The van der Waals surface area contributed by atoms with Crippen molar-refractivity contribution in [1.29, 1.82) is 0 Å². The summed E-state index contributed by atoms with van der Waals surface area (Å²) in [7, 11) is 0. The summed E-state index contributed by atoms with van der Waals surface area (Å²) in [6.07, 6.45) is 1.28. The number of H-pyrrole nitrogens is 1. The molecule has 4 heterocycles. The van der Waals surface area contributed by atoms with Crippen molar-refractivity contribution >= 4 is 38.3 Å². The molecule has 0 bridgehead atoms. The molecule has 1 aliphatic rings. The number of aromatic nitrogens is 4. The van der Waals surface area contributed by atoms with Crippen molar-refractivity contribution in [3.63, 3.8) is 0 Å². The number of morpholine rings is 1. The van der Waals surface area contributed by atoms with E-state index in [0.717, 1.165) is 50.5 Å². The van der Waals surface area contributed by atoms with Crippen molar-refractivity contribution in [2.75, 3.05) is 31.2 Å². The normalized spacial score (nSPS) is 16.3. The number of nitrogens with zero attached hydrogens (tertiary/aromatic N) is 4. The zero-order valence-electron chi connectivity index (χ0n) is 14.8.